The zero-order valence-corrected chi connectivity index (χ0v) is 13.4. The Labute approximate surface area is 127 Å². The van der Waals surface area contributed by atoms with Gasteiger partial charge in [-0.05, 0) is 48.7 Å². The number of benzene rings is 1. The highest BCUT2D eigenvalue weighted by Gasteiger charge is 2.12. The van der Waals surface area contributed by atoms with Crippen LogP contribution in [0.2, 0.25) is 0 Å². The SMILES string of the molecule is Cc1ccc(Br)cc1NS(=O)(=O)CCc1ccncc1. The first-order valence-electron chi connectivity index (χ1n) is 6.12. The molecule has 106 valence electrons. The highest BCUT2D eigenvalue weighted by atomic mass is 79.9. The fraction of sp³-hybridized carbons (Fsp3) is 0.214. The van der Waals surface area contributed by atoms with Crippen LogP contribution in [-0.2, 0) is 16.4 Å². The number of sulfonamides is 1. The maximum atomic E-state index is 12.1. The topological polar surface area (TPSA) is 59.1 Å². The summed E-state index contributed by atoms with van der Waals surface area (Å²) in [4.78, 5) is 3.91. The van der Waals surface area contributed by atoms with Gasteiger partial charge in [-0.15, -0.1) is 0 Å². The van der Waals surface area contributed by atoms with Gasteiger partial charge in [-0.2, -0.15) is 0 Å². The van der Waals surface area contributed by atoms with Crippen LogP contribution in [0.4, 0.5) is 5.69 Å². The van der Waals surface area contributed by atoms with Gasteiger partial charge in [-0.1, -0.05) is 22.0 Å². The first kappa shape index (κ1) is 15.0. The van der Waals surface area contributed by atoms with Crippen LogP contribution in [0.15, 0.2) is 47.2 Å². The van der Waals surface area contributed by atoms with Crippen molar-refractivity contribution < 1.29 is 8.42 Å². The molecular formula is C14H15BrN2O2S. The van der Waals surface area contributed by atoms with Crippen LogP contribution >= 0.6 is 15.9 Å². The fourth-order valence-corrected chi connectivity index (χ4v) is 3.25. The Hall–Kier alpha value is -1.40. The second-order valence-electron chi connectivity index (χ2n) is 4.49. The van der Waals surface area contributed by atoms with Gasteiger partial charge in [0.25, 0.3) is 0 Å². The Morgan fingerprint density at radius 2 is 1.90 bits per heavy atom. The average Bonchev–Trinajstić information content (AvgIpc) is 2.42. The first-order chi connectivity index (χ1) is 9.46. The van der Waals surface area contributed by atoms with Gasteiger partial charge in [0, 0.05) is 16.9 Å². The van der Waals surface area contributed by atoms with Gasteiger partial charge in [0.2, 0.25) is 10.0 Å². The van der Waals surface area contributed by atoms with Gasteiger partial charge in [-0.3, -0.25) is 9.71 Å². The molecule has 2 rings (SSSR count). The molecule has 6 heteroatoms. The monoisotopic (exact) mass is 354 g/mol. The number of rotatable bonds is 5. The highest BCUT2D eigenvalue weighted by Crippen LogP contribution is 2.21. The molecule has 0 radical (unpaired) electrons. The quantitative estimate of drug-likeness (QED) is 0.897. The minimum absolute atomic E-state index is 0.0446. The zero-order valence-electron chi connectivity index (χ0n) is 11.0. The molecular weight excluding hydrogens is 340 g/mol. The van der Waals surface area contributed by atoms with E-state index in [-0.39, 0.29) is 5.75 Å². The number of nitrogens with zero attached hydrogens (tertiary/aromatic N) is 1. The van der Waals surface area contributed by atoms with E-state index >= 15 is 0 Å². The summed E-state index contributed by atoms with van der Waals surface area (Å²) in [6.45, 7) is 1.87. The summed E-state index contributed by atoms with van der Waals surface area (Å²) in [5, 5.41) is 0. The van der Waals surface area contributed by atoms with Crippen molar-refractivity contribution in [2.24, 2.45) is 0 Å². The van der Waals surface area contributed by atoms with E-state index in [1.54, 1.807) is 18.5 Å². The largest absolute Gasteiger partial charge is 0.283 e. The summed E-state index contributed by atoms with van der Waals surface area (Å²) in [7, 11) is -3.36. The van der Waals surface area contributed by atoms with Gasteiger partial charge in [-0.25, -0.2) is 8.42 Å². The van der Waals surface area contributed by atoms with E-state index in [1.165, 1.54) is 0 Å². The summed E-state index contributed by atoms with van der Waals surface area (Å²) in [5.41, 5.74) is 2.45. The molecule has 0 aliphatic heterocycles. The molecule has 0 bridgehead atoms. The molecule has 1 N–H and O–H groups in total. The number of halogens is 1. The molecule has 0 amide bonds. The number of aryl methyl sites for hydroxylation is 2. The molecule has 0 spiro atoms. The van der Waals surface area contributed by atoms with Crippen LogP contribution < -0.4 is 4.72 Å². The number of nitrogens with one attached hydrogen (secondary N) is 1. The maximum absolute atomic E-state index is 12.1. The molecule has 4 nitrogen and oxygen atoms in total. The van der Waals surface area contributed by atoms with Crippen molar-refractivity contribution in [3.63, 3.8) is 0 Å². The fourth-order valence-electron chi connectivity index (χ4n) is 1.72. The lowest BCUT2D eigenvalue weighted by molar-refractivity contribution is 0.600. The smallest absolute Gasteiger partial charge is 0.233 e. The summed E-state index contributed by atoms with van der Waals surface area (Å²) in [5.74, 6) is 0.0446. The van der Waals surface area contributed by atoms with Crippen molar-refractivity contribution in [3.05, 3.63) is 58.3 Å². The molecule has 0 saturated heterocycles. The van der Waals surface area contributed by atoms with Crippen LogP contribution in [0.3, 0.4) is 0 Å². The molecule has 1 aromatic heterocycles. The van der Waals surface area contributed by atoms with Gasteiger partial charge >= 0.3 is 0 Å². The summed E-state index contributed by atoms with van der Waals surface area (Å²) >= 11 is 3.34. The number of aromatic nitrogens is 1. The summed E-state index contributed by atoms with van der Waals surface area (Å²) in [6.07, 6.45) is 3.78. The molecule has 0 atom stereocenters. The van der Waals surface area contributed by atoms with Crippen LogP contribution in [0, 0.1) is 6.92 Å². The molecule has 1 aromatic carbocycles. The van der Waals surface area contributed by atoms with E-state index in [2.05, 4.69) is 25.6 Å². The van der Waals surface area contributed by atoms with Gasteiger partial charge in [0.1, 0.15) is 0 Å². The van der Waals surface area contributed by atoms with E-state index < -0.39 is 10.0 Å². The number of pyridine rings is 1. The third-order valence-electron chi connectivity index (χ3n) is 2.87. The molecule has 0 aliphatic rings. The lowest BCUT2D eigenvalue weighted by Gasteiger charge is -2.11. The normalized spacial score (nSPS) is 11.3. The molecule has 0 saturated carbocycles. The highest BCUT2D eigenvalue weighted by molar-refractivity contribution is 9.10. The predicted molar refractivity (Wildman–Crippen MR) is 84.2 cm³/mol. The molecule has 2 aromatic rings. The number of hydrogen-bond acceptors (Lipinski definition) is 3. The van der Waals surface area contributed by atoms with E-state index in [9.17, 15) is 8.42 Å². The third-order valence-corrected chi connectivity index (χ3v) is 4.64. The summed E-state index contributed by atoms with van der Waals surface area (Å²) in [6, 6.07) is 9.15. The lowest BCUT2D eigenvalue weighted by atomic mass is 10.2. The molecule has 0 unspecified atom stereocenters. The van der Waals surface area contributed by atoms with Crippen LogP contribution in [0.25, 0.3) is 0 Å². The molecule has 20 heavy (non-hydrogen) atoms. The van der Waals surface area contributed by atoms with Crippen molar-refractivity contribution in [2.45, 2.75) is 13.3 Å². The Kier molecular flexibility index (Phi) is 4.77. The van der Waals surface area contributed by atoms with Crippen molar-refractivity contribution in [2.75, 3.05) is 10.5 Å². The van der Waals surface area contributed by atoms with Crippen molar-refractivity contribution in [3.8, 4) is 0 Å². The average molecular weight is 355 g/mol. The standard InChI is InChI=1S/C14H15BrN2O2S/c1-11-2-3-13(15)10-14(11)17-20(18,19)9-6-12-4-7-16-8-5-12/h2-5,7-8,10,17H,6,9H2,1H3. The number of hydrogen-bond donors (Lipinski definition) is 1. The van der Waals surface area contributed by atoms with Crippen molar-refractivity contribution >= 4 is 31.6 Å². The van der Waals surface area contributed by atoms with E-state index in [1.807, 2.05) is 31.2 Å². The van der Waals surface area contributed by atoms with E-state index in [4.69, 9.17) is 0 Å². The van der Waals surface area contributed by atoms with E-state index in [0.29, 0.717) is 12.1 Å². The second-order valence-corrected chi connectivity index (χ2v) is 7.24. The van der Waals surface area contributed by atoms with Gasteiger partial charge in [0.05, 0.1) is 11.4 Å². The van der Waals surface area contributed by atoms with E-state index in [0.717, 1.165) is 15.6 Å². The minimum Gasteiger partial charge on any atom is -0.283 e. The molecule has 0 fully saturated rings. The third kappa shape index (κ3) is 4.31. The Morgan fingerprint density at radius 3 is 2.60 bits per heavy atom. The van der Waals surface area contributed by atoms with Crippen molar-refractivity contribution in [1.29, 1.82) is 0 Å². The zero-order chi connectivity index (χ0) is 14.6. The predicted octanol–water partition coefficient (Wildman–Crippen LogP) is 3.14. The van der Waals surface area contributed by atoms with Crippen LogP contribution in [-0.4, -0.2) is 19.2 Å². The first-order valence-corrected chi connectivity index (χ1v) is 8.56. The Bertz CT molecular complexity index is 688. The molecule has 1 heterocycles. The minimum atomic E-state index is -3.36. The van der Waals surface area contributed by atoms with Gasteiger partial charge < -0.3 is 0 Å². The van der Waals surface area contributed by atoms with Crippen LogP contribution in [0.5, 0.6) is 0 Å². The Morgan fingerprint density at radius 1 is 1.20 bits per heavy atom. The maximum Gasteiger partial charge on any atom is 0.233 e. The molecule has 0 aliphatic carbocycles. The van der Waals surface area contributed by atoms with Crippen molar-refractivity contribution in [1.82, 2.24) is 4.98 Å². The van der Waals surface area contributed by atoms with Crippen LogP contribution in [0.1, 0.15) is 11.1 Å². The van der Waals surface area contributed by atoms with Gasteiger partial charge in [0.15, 0.2) is 0 Å². The second kappa shape index (κ2) is 6.37. The lowest BCUT2D eigenvalue weighted by Crippen LogP contribution is -2.18. The number of anilines is 1. The Balaban J connectivity index is 2.06. The summed E-state index contributed by atoms with van der Waals surface area (Å²) < 4.78 is 27.7.